The highest BCUT2D eigenvalue weighted by atomic mass is 16.2. The van der Waals surface area contributed by atoms with Crippen LogP contribution >= 0.6 is 0 Å². The third-order valence-electron chi connectivity index (χ3n) is 6.46. The zero-order chi connectivity index (χ0) is 21.8. The molecule has 2 aromatic rings. The van der Waals surface area contributed by atoms with E-state index < -0.39 is 0 Å². The summed E-state index contributed by atoms with van der Waals surface area (Å²) < 4.78 is 1.93. The molecule has 0 N–H and O–H groups in total. The van der Waals surface area contributed by atoms with Crippen LogP contribution in [-0.4, -0.2) is 82.1 Å². The van der Waals surface area contributed by atoms with Gasteiger partial charge in [-0.15, -0.1) is 0 Å². The highest BCUT2D eigenvalue weighted by molar-refractivity contribution is 5.96. The largest absolute Gasteiger partial charge is 0.342 e. The molecule has 4 rings (SSSR count). The van der Waals surface area contributed by atoms with Gasteiger partial charge >= 0.3 is 0 Å². The van der Waals surface area contributed by atoms with E-state index in [1.54, 1.807) is 0 Å². The molecule has 3 heterocycles. The predicted octanol–water partition coefficient (Wildman–Crippen LogP) is 2.32. The molecule has 0 spiro atoms. The molecule has 0 aliphatic carbocycles. The summed E-state index contributed by atoms with van der Waals surface area (Å²) >= 11 is 0. The fourth-order valence-electron chi connectivity index (χ4n) is 4.66. The van der Waals surface area contributed by atoms with E-state index in [0.29, 0.717) is 19.6 Å². The zero-order valence-corrected chi connectivity index (χ0v) is 18.7. The summed E-state index contributed by atoms with van der Waals surface area (Å²) in [6.45, 7) is 9.77. The quantitative estimate of drug-likeness (QED) is 0.741. The van der Waals surface area contributed by atoms with Crippen molar-refractivity contribution in [1.82, 2.24) is 24.5 Å². The van der Waals surface area contributed by atoms with Crippen LogP contribution in [-0.2, 0) is 11.3 Å². The van der Waals surface area contributed by atoms with Crippen molar-refractivity contribution in [3.8, 4) is 0 Å². The van der Waals surface area contributed by atoms with Gasteiger partial charge in [0.15, 0.2) is 0 Å². The molecule has 0 radical (unpaired) electrons. The van der Waals surface area contributed by atoms with Crippen LogP contribution in [0.4, 0.5) is 0 Å². The first kappa shape index (κ1) is 21.6. The number of benzene rings is 1. The molecule has 0 bridgehead atoms. The Morgan fingerprint density at radius 2 is 1.58 bits per heavy atom. The first-order valence-corrected chi connectivity index (χ1v) is 11.4. The van der Waals surface area contributed by atoms with Crippen molar-refractivity contribution >= 4 is 11.8 Å². The second-order valence-corrected chi connectivity index (χ2v) is 8.70. The van der Waals surface area contributed by atoms with Crippen LogP contribution < -0.4 is 0 Å². The standard InChI is InChI=1S/C24H33N5O2/c1-19-23(20(2)29(25-19)17-21-9-4-3-5-10-21)24(31)28-14-8-11-26(15-16-28)18-22(30)27-12-6-7-13-27/h3-5,9-10H,6-8,11-18H2,1-2H3. The van der Waals surface area contributed by atoms with E-state index in [1.165, 1.54) is 5.56 Å². The number of hydrogen-bond acceptors (Lipinski definition) is 4. The fraction of sp³-hybridized carbons (Fsp3) is 0.542. The predicted molar refractivity (Wildman–Crippen MR) is 120 cm³/mol. The fourth-order valence-corrected chi connectivity index (χ4v) is 4.66. The molecule has 1 aromatic heterocycles. The maximum Gasteiger partial charge on any atom is 0.257 e. The lowest BCUT2D eigenvalue weighted by Gasteiger charge is -2.24. The maximum atomic E-state index is 13.4. The molecule has 2 aliphatic rings. The zero-order valence-electron chi connectivity index (χ0n) is 18.7. The first-order valence-electron chi connectivity index (χ1n) is 11.4. The lowest BCUT2D eigenvalue weighted by atomic mass is 10.1. The summed E-state index contributed by atoms with van der Waals surface area (Å²) in [5, 5.41) is 4.65. The van der Waals surface area contributed by atoms with Crippen LogP contribution in [0.2, 0.25) is 0 Å². The number of aromatic nitrogens is 2. The summed E-state index contributed by atoms with van der Waals surface area (Å²) in [6.07, 6.45) is 3.12. The summed E-state index contributed by atoms with van der Waals surface area (Å²) in [7, 11) is 0. The Hall–Kier alpha value is -2.67. The van der Waals surface area contributed by atoms with Crippen molar-refractivity contribution < 1.29 is 9.59 Å². The molecule has 1 aromatic carbocycles. The van der Waals surface area contributed by atoms with Crippen LogP contribution in [0.5, 0.6) is 0 Å². The van der Waals surface area contributed by atoms with Crippen LogP contribution in [0.15, 0.2) is 30.3 Å². The molecule has 0 atom stereocenters. The van der Waals surface area contributed by atoms with Gasteiger partial charge in [-0.2, -0.15) is 5.10 Å². The third-order valence-corrected chi connectivity index (χ3v) is 6.46. The summed E-state index contributed by atoms with van der Waals surface area (Å²) in [5.74, 6) is 0.285. The molecule has 7 heteroatoms. The average Bonchev–Trinajstić information content (AvgIpc) is 3.32. The Labute approximate surface area is 184 Å². The Bertz CT molecular complexity index is 918. The van der Waals surface area contributed by atoms with E-state index in [9.17, 15) is 9.59 Å². The Kier molecular flexibility index (Phi) is 6.70. The summed E-state index contributed by atoms with van der Waals surface area (Å²) in [5.41, 5.74) is 3.58. The second-order valence-electron chi connectivity index (χ2n) is 8.70. The Balaban J connectivity index is 1.39. The van der Waals surface area contributed by atoms with Gasteiger partial charge in [0.05, 0.1) is 24.3 Å². The van der Waals surface area contributed by atoms with Crippen molar-refractivity contribution in [1.29, 1.82) is 0 Å². The minimum absolute atomic E-state index is 0.0574. The number of nitrogens with zero attached hydrogens (tertiary/aromatic N) is 5. The van der Waals surface area contributed by atoms with Crippen molar-refractivity contribution in [2.75, 3.05) is 45.8 Å². The van der Waals surface area contributed by atoms with E-state index in [0.717, 1.165) is 68.9 Å². The minimum atomic E-state index is 0.0574. The molecule has 2 aliphatic heterocycles. The number of amides is 2. The van der Waals surface area contributed by atoms with Gasteiger partial charge in [0.25, 0.3) is 5.91 Å². The van der Waals surface area contributed by atoms with Gasteiger partial charge in [-0.3, -0.25) is 19.2 Å². The number of aryl methyl sites for hydroxylation is 1. The third kappa shape index (κ3) is 4.98. The maximum absolute atomic E-state index is 13.4. The van der Waals surface area contributed by atoms with Gasteiger partial charge in [-0.1, -0.05) is 30.3 Å². The number of carbonyl (C=O) groups is 2. The van der Waals surface area contributed by atoms with Crippen molar-refractivity contribution in [3.63, 3.8) is 0 Å². The number of hydrogen-bond donors (Lipinski definition) is 0. The molecule has 0 unspecified atom stereocenters. The van der Waals surface area contributed by atoms with Crippen molar-refractivity contribution in [3.05, 3.63) is 52.8 Å². The smallest absolute Gasteiger partial charge is 0.257 e. The van der Waals surface area contributed by atoms with Crippen molar-refractivity contribution in [2.45, 2.75) is 39.7 Å². The number of carbonyl (C=O) groups excluding carboxylic acids is 2. The van der Waals surface area contributed by atoms with E-state index in [2.05, 4.69) is 22.1 Å². The monoisotopic (exact) mass is 423 g/mol. The van der Waals surface area contributed by atoms with E-state index in [1.807, 2.05) is 46.5 Å². The van der Waals surface area contributed by atoms with Crippen LogP contribution in [0.1, 0.15) is 46.6 Å². The minimum Gasteiger partial charge on any atom is -0.342 e. The Morgan fingerprint density at radius 3 is 2.32 bits per heavy atom. The molecule has 31 heavy (non-hydrogen) atoms. The first-order chi connectivity index (χ1) is 15.0. The van der Waals surface area contributed by atoms with Crippen LogP contribution in [0.3, 0.4) is 0 Å². The normalized spacial score (nSPS) is 17.7. The van der Waals surface area contributed by atoms with Gasteiger partial charge in [-0.25, -0.2) is 0 Å². The van der Waals surface area contributed by atoms with Gasteiger partial charge in [0.2, 0.25) is 5.91 Å². The molecule has 2 saturated heterocycles. The summed E-state index contributed by atoms with van der Waals surface area (Å²) in [6, 6.07) is 10.2. The average molecular weight is 424 g/mol. The van der Waals surface area contributed by atoms with E-state index in [4.69, 9.17) is 0 Å². The Morgan fingerprint density at radius 1 is 0.871 bits per heavy atom. The molecule has 2 amide bonds. The highest BCUT2D eigenvalue weighted by Gasteiger charge is 2.27. The molecule has 7 nitrogen and oxygen atoms in total. The van der Waals surface area contributed by atoms with Gasteiger partial charge in [-0.05, 0) is 38.7 Å². The highest BCUT2D eigenvalue weighted by Crippen LogP contribution is 2.19. The number of likely N-dealkylation sites (tertiary alicyclic amines) is 1. The van der Waals surface area contributed by atoms with Crippen LogP contribution in [0, 0.1) is 13.8 Å². The number of rotatable bonds is 5. The second kappa shape index (κ2) is 9.64. The SMILES string of the molecule is Cc1nn(Cc2ccccc2)c(C)c1C(=O)N1CCCN(CC(=O)N2CCCC2)CC1. The lowest BCUT2D eigenvalue weighted by Crippen LogP contribution is -2.41. The van der Waals surface area contributed by atoms with Crippen molar-refractivity contribution in [2.24, 2.45) is 0 Å². The summed E-state index contributed by atoms with van der Waals surface area (Å²) in [4.78, 5) is 32.0. The van der Waals surface area contributed by atoms with Gasteiger partial charge < -0.3 is 9.80 Å². The van der Waals surface area contributed by atoms with E-state index in [-0.39, 0.29) is 11.8 Å². The van der Waals surface area contributed by atoms with E-state index >= 15 is 0 Å². The van der Waals surface area contributed by atoms with Gasteiger partial charge in [0, 0.05) is 45.0 Å². The molecule has 2 fully saturated rings. The molecular weight excluding hydrogens is 390 g/mol. The lowest BCUT2D eigenvalue weighted by molar-refractivity contribution is -0.131. The molecule has 166 valence electrons. The van der Waals surface area contributed by atoms with Gasteiger partial charge in [0.1, 0.15) is 0 Å². The molecular formula is C24H33N5O2. The molecule has 0 saturated carbocycles. The van der Waals surface area contributed by atoms with Crippen LogP contribution in [0.25, 0.3) is 0 Å². The topological polar surface area (TPSA) is 61.7 Å².